The van der Waals surface area contributed by atoms with Crippen LogP contribution in [0.15, 0.2) is 18.2 Å². The van der Waals surface area contributed by atoms with E-state index >= 15 is 0 Å². The van der Waals surface area contributed by atoms with Crippen LogP contribution in [0.1, 0.15) is 45.1 Å². The summed E-state index contributed by atoms with van der Waals surface area (Å²) in [7, 11) is 0. The topological polar surface area (TPSA) is 35.8 Å². The van der Waals surface area contributed by atoms with Crippen molar-refractivity contribution in [2.75, 3.05) is 5.32 Å². The van der Waals surface area contributed by atoms with Crippen LogP contribution in [0.25, 0.3) is 0 Å². The summed E-state index contributed by atoms with van der Waals surface area (Å²) < 4.78 is 13.4. The molecule has 1 aliphatic carbocycles. The van der Waals surface area contributed by atoms with Crippen molar-refractivity contribution in [2.45, 2.75) is 52.0 Å². The standard InChI is InChI=1S/C16H21FN2/c1-12-8-13(17)10-14(9-12)19-16(11-18)6-4-15(2,3)5-7-16/h8-10,19H,4-7H2,1-3H3. The summed E-state index contributed by atoms with van der Waals surface area (Å²) in [6, 6.07) is 7.26. The van der Waals surface area contributed by atoms with E-state index < -0.39 is 5.54 Å². The first kappa shape index (κ1) is 13.9. The molecule has 0 saturated heterocycles. The average molecular weight is 260 g/mol. The van der Waals surface area contributed by atoms with E-state index in [-0.39, 0.29) is 5.82 Å². The van der Waals surface area contributed by atoms with Gasteiger partial charge < -0.3 is 5.32 Å². The molecule has 0 radical (unpaired) electrons. The number of halogens is 1. The van der Waals surface area contributed by atoms with Crippen molar-refractivity contribution in [3.8, 4) is 6.07 Å². The van der Waals surface area contributed by atoms with Crippen LogP contribution in [0.4, 0.5) is 10.1 Å². The molecule has 1 aromatic carbocycles. The summed E-state index contributed by atoms with van der Waals surface area (Å²) >= 11 is 0. The van der Waals surface area contributed by atoms with Crippen molar-refractivity contribution in [1.29, 1.82) is 5.26 Å². The number of nitrogens with one attached hydrogen (secondary N) is 1. The Kier molecular flexibility index (Phi) is 3.54. The minimum Gasteiger partial charge on any atom is -0.367 e. The Hall–Kier alpha value is -1.56. The van der Waals surface area contributed by atoms with Crippen molar-refractivity contribution in [3.05, 3.63) is 29.6 Å². The zero-order chi connectivity index (χ0) is 14.1. The Bertz CT molecular complexity index is 484. The predicted octanol–water partition coefficient (Wildman–Crippen LogP) is 4.41. The van der Waals surface area contributed by atoms with Gasteiger partial charge in [0.1, 0.15) is 11.4 Å². The molecule has 0 amide bonds. The van der Waals surface area contributed by atoms with Crippen molar-refractivity contribution in [2.24, 2.45) is 5.41 Å². The molecular formula is C16H21FN2. The smallest absolute Gasteiger partial charge is 0.125 e. The number of aryl methyl sites for hydroxylation is 1. The van der Waals surface area contributed by atoms with E-state index in [1.165, 1.54) is 12.1 Å². The molecule has 0 heterocycles. The molecule has 1 fully saturated rings. The zero-order valence-corrected chi connectivity index (χ0v) is 11.9. The maximum absolute atomic E-state index is 13.4. The summed E-state index contributed by atoms with van der Waals surface area (Å²) in [6.45, 7) is 6.33. The Morgan fingerprint density at radius 2 is 1.79 bits per heavy atom. The maximum Gasteiger partial charge on any atom is 0.125 e. The van der Waals surface area contributed by atoms with Crippen LogP contribution in [0.5, 0.6) is 0 Å². The zero-order valence-electron chi connectivity index (χ0n) is 11.9. The van der Waals surface area contributed by atoms with Gasteiger partial charge >= 0.3 is 0 Å². The fourth-order valence-electron chi connectivity index (χ4n) is 2.70. The van der Waals surface area contributed by atoms with Crippen LogP contribution in [0.3, 0.4) is 0 Å². The number of benzene rings is 1. The summed E-state index contributed by atoms with van der Waals surface area (Å²) in [5, 5.41) is 12.8. The molecule has 1 saturated carbocycles. The molecule has 0 aliphatic heterocycles. The highest BCUT2D eigenvalue weighted by atomic mass is 19.1. The molecule has 19 heavy (non-hydrogen) atoms. The summed E-state index contributed by atoms with van der Waals surface area (Å²) in [5.74, 6) is -0.258. The monoisotopic (exact) mass is 260 g/mol. The molecule has 102 valence electrons. The van der Waals surface area contributed by atoms with Crippen LogP contribution >= 0.6 is 0 Å². The number of nitriles is 1. The van der Waals surface area contributed by atoms with Gasteiger partial charge in [-0.25, -0.2) is 4.39 Å². The summed E-state index contributed by atoms with van der Waals surface area (Å²) in [4.78, 5) is 0. The first-order chi connectivity index (χ1) is 8.84. The quantitative estimate of drug-likeness (QED) is 0.855. The first-order valence-corrected chi connectivity index (χ1v) is 6.81. The molecule has 0 aromatic heterocycles. The van der Waals surface area contributed by atoms with E-state index in [0.717, 1.165) is 31.2 Å². The van der Waals surface area contributed by atoms with Gasteiger partial charge in [-0.15, -0.1) is 0 Å². The highest BCUT2D eigenvalue weighted by molar-refractivity contribution is 5.50. The molecule has 3 heteroatoms. The van der Waals surface area contributed by atoms with Crippen LogP contribution in [-0.4, -0.2) is 5.54 Å². The number of hydrogen-bond donors (Lipinski definition) is 1. The van der Waals surface area contributed by atoms with Gasteiger partial charge in [0.15, 0.2) is 0 Å². The molecule has 0 atom stereocenters. The second-order valence-corrected chi connectivity index (χ2v) is 6.50. The van der Waals surface area contributed by atoms with Gasteiger partial charge in [-0.2, -0.15) is 5.26 Å². The normalized spacial score (nSPS) is 20.6. The molecule has 1 N–H and O–H groups in total. The van der Waals surface area contributed by atoms with E-state index in [1.807, 2.05) is 13.0 Å². The molecule has 0 spiro atoms. The molecule has 0 bridgehead atoms. The van der Waals surface area contributed by atoms with Crippen molar-refractivity contribution >= 4 is 5.69 Å². The third-order valence-corrected chi connectivity index (χ3v) is 4.10. The second-order valence-electron chi connectivity index (χ2n) is 6.50. The number of anilines is 1. The van der Waals surface area contributed by atoms with E-state index in [0.29, 0.717) is 11.1 Å². The van der Waals surface area contributed by atoms with Crippen LogP contribution < -0.4 is 5.32 Å². The molecular weight excluding hydrogens is 239 g/mol. The minimum absolute atomic E-state index is 0.258. The Morgan fingerprint density at radius 1 is 1.16 bits per heavy atom. The number of rotatable bonds is 2. The third kappa shape index (κ3) is 3.26. The lowest BCUT2D eigenvalue weighted by Gasteiger charge is -2.40. The van der Waals surface area contributed by atoms with E-state index in [9.17, 15) is 9.65 Å². The lowest BCUT2D eigenvalue weighted by molar-refractivity contribution is 0.206. The predicted molar refractivity (Wildman–Crippen MR) is 75.4 cm³/mol. The molecule has 0 unspecified atom stereocenters. The summed E-state index contributed by atoms with van der Waals surface area (Å²) in [5.41, 5.74) is 1.33. The van der Waals surface area contributed by atoms with Crippen molar-refractivity contribution in [3.63, 3.8) is 0 Å². The van der Waals surface area contributed by atoms with E-state index in [1.54, 1.807) is 0 Å². The average Bonchev–Trinajstić information content (AvgIpc) is 2.31. The molecule has 1 aliphatic rings. The number of hydrogen-bond acceptors (Lipinski definition) is 2. The molecule has 2 nitrogen and oxygen atoms in total. The van der Waals surface area contributed by atoms with Crippen LogP contribution in [0, 0.1) is 29.5 Å². The maximum atomic E-state index is 13.4. The van der Waals surface area contributed by atoms with Gasteiger partial charge in [0.05, 0.1) is 6.07 Å². The van der Waals surface area contributed by atoms with Gasteiger partial charge in [-0.3, -0.25) is 0 Å². The third-order valence-electron chi connectivity index (χ3n) is 4.10. The highest BCUT2D eigenvalue weighted by Crippen LogP contribution is 2.41. The van der Waals surface area contributed by atoms with E-state index in [4.69, 9.17) is 0 Å². The van der Waals surface area contributed by atoms with Crippen molar-refractivity contribution in [1.82, 2.24) is 0 Å². The lowest BCUT2D eigenvalue weighted by atomic mass is 9.70. The Morgan fingerprint density at radius 3 is 2.32 bits per heavy atom. The van der Waals surface area contributed by atoms with Crippen LogP contribution in [0.2, 0.25) is 0 Å². The molecule has 1 aromatic rings. The highest BCUT2D eigenvalue weighted by Gasteiger charge is 2.38. The fraction of sp³-hybridized carbons (Fsp3) is 0.562. The van der Waals surface area contributed by atoms with Gasteiger partial charge in [0.2, 0.25) is 0 Å². The SMILES string of the molecule is Cc1cc(F)cc(NC2(C#N)CCC(C)(C)CC2)c1. The number of nitrogens with zero attached hydrogens (tertiary/aromatic N) is 1. The van der Waals surface area contributed by atoms with E-state index in [2.05, 4.69) is 25.2 Å². The second kappa shape index (κ2) is 4.85. The van der Waals surface area contributed by atoms with Crippen molar-refractivity contribution < 1.29 is 4.39 Å². The molecule has 2 rings (SSSR count). The first-order valence-electron chi connectivity index (χ1n) is 6.81. The Labute approximate surface area is 114 Å². The minimum atomic E-state index is -0.546. The van der Waals surface area contributed by atoms with Gasteiger partial charge in [-0.05, 0) is 61.8 Å². The van der Waals surface area contributed by atoms with Gasteiger partial charge in [-0.1, -0.05) is 13.8 Å². The summed E-state index contributed by atoms with van der Waals surface area (Å²) in [6.07, 6.45) is 3.65. The Balaban J connectivity index is 2.18. The van der Waals surface area contributed by atoms with Crippen LogP contribution in [-0.2, 0) is 0 Å². The van der Waals surface area contributed by atoms with Gasteiger partial charge in [0.25, 0.3) is 0 Å². The van der Waals surface area contributed by atoms with Gasteiger partial charge in [0, 0.05) is 5.69 Å². The lowest BCUT2D eigenvalue weighted by Crippen LogP contribution is -2.42. The largest absolute Gasteiger partial charge is 0.367 e. The fourth-order valence-corrected chi connectivity index (χ4v) is 2.70.